The zero-order chi connectivity index (χ0) is 33.2. The average Bonchev–Trinajstić information content (AvgIpc) is 3.59. The van der Waals surface area contributed by atoms with Crippen LogP contribution < -0.4 is 19.7 Å². The first-order chi connectivity index (χ1) is 23.3. The lowest BCUT2D eigenvalue weighted by molar-refractivity contribution is 0.0997. The molecule has 48 heavy (non-hydrogen) atoms. The maximum atomic E-state index is 17.1. The molecule has 12 heteroatoms. The number of rotatable bonds is 7. The number of terminal acetylenes is 1. The molecule has 8 rings (SSSR count). The number of pyridine rings is 1. The Morgan fingerprint density at radius 2 is 2.06 bits per heavy atom. The van der Waals surface area contributed by atoms with Gasteiger partial charge in [0.1, 0.15) is 47.2 Å². The first kappa shape index (κ1) is 31.0. The summed E-state index contributed by atoms with van der Waals surface area (Å²) in [5.41, 5.74) is -0.329. The second-order valence-electron chi connectivity index (χ2n) is 13.3. The van der Waals surface area contributed by atoms with Crippen LogP contribution in [0, 0.1) is 24.0 Å². The van der Waals surface area contributed by atoms with E-state index in [0.29, 0.717) is 29.7 Å². The van der Waals surface area contributed by atoms with Crippen LogP contribution in [0.25, 0.3) is 32.9 Å². The minimum absolute atomic E-state index is 0.0293. The number of nitrogens with zero attached hydrogens (tertiary/aromatic N) is 5. The Morgan fingerprint density at radius 3 is 2.88 bits per heavy atom. The normalized spacial score (nSPS) is 25.1. The van der Waals surface area contributed by atoms with Crippen LogP contribution in [0.2, 0.25) is 0 Å². The fourth-order valence-electron chi connectivity index (χ4n) is 8.36. The number of hydrogen-bond donors (Lipinski definition) is 2. The number of ether oxygens (including phenoxy) is 3. The molecule has 3 saturated heterocycles. The summed E-state index contributed by atoms with van der Waals surface area (Å²) in [6.45, 7) is 5.91. The fraction of sp³-hybridized carbons (Fsp3) is 0.472. The van der Waals surface area contributed by atoms with E-state index >= 15 is 8.78 Å². The third-order valence-electron chi connectivity index (χ3n) is 10.6. The van der Waals surface area contributed by atoms with Crippen molar-refractivity contribution in [3.8, 4) is 41.2 Å². The summed E-state index contributed by atoms with van der Waals surface area (Å²) in [5.74, 6) is 1.50. The van der Waals surface area contributed by atoms with Gasteiger partial charge in [0, 0.05) is 43.7 Å². The molecule has 4 aromatic rings. The van der Waals surface area contributed by atoms with Gasteiger partial charge in [-0.2, -0.15) is 9.97 Å². The summed E-state index contributed by atoms with van der Waals surface area (Å²) in [6.07, 6.45) is 10.6. The molecule has 0 radical (unpaired) electrons. The van der Waals surface area contributed by atoms with E-state index in [1.54, 1.807) is 7.11 Å². The smallest absolute Gasteiger partial charge is 0.319 e. The monoisotopic (exact) mass is 656 g/mol. The topological polar surface area (TPSA) is 105 Å². The van der Waals surface area contributed by atoms with Gasteiger partial charge in [-0.1, -0.05) is 25.3 Å². The number of halogens is 2. The number of anilines is 1. The van der Waals surface area contributed by atoms with Gasteiger partial charge in [-0.15, -0.1) is 6.42 Å². The minimum atomic E-state index is -0.773. The van der Waals surface area contributed by atoms with Crippen LogP contribution in [0.4, 0.5) is 14.6 Å². The van der Waals surface area contributed by atoms with Gasteiger partial charge in [-0.3, -0.25) is 4.90 Å². The summed E-state index contributed by atoms with van der Waals surface area (Å²) in [5, 5.41) is 15.3. The maximum absolute atomic E-state index is 17.1. The Balaban J connectivity index is 1.32. The van der Waals surface area contributed by atoms with E-state index in [2.05, 4.69) is 32.9 Å². The number of benzene rings is 2. The minimum Gasteiger partial charge on any atom is -0.508 e. The van der Waals surface area contributed by atoms with Crippen LogP contribution in [0.3, 0.4) is 0 Å². The molecule has 4 aliphatic heterocycles. The van der Waals surface area contributed by atoms with E-state index in [0.717, 1.165) is 51.7 Å². The molecule has 2 aromatic heterocycles. The fourth-order valence-corrected chi connectivity index (χ4v) is 8.36. The van der Waals surface area contributed by atoms with E-state index in [9.17, 15) is 5.11 Å². The van der Waals surface area contributed by atoms with Gasteiger partial charge < -0.3 is 29.5 Å². The third kappa shape index (κ3) is 4.90. The van der Waals surface area contributed by atoms with Gasteiger partial charge in [0.2, 0.25) is 5.88 Å². The van der Waals surface area contributed by atoms with Crippen LogP contribution in [-0.2, 0) is 4.74 Å². The molecule has 2 aromatic carbocycles. The van der Waals surface area contributed by atoms with Crippen molar-refractivity contribution in [1.29, 1.82) is 0 Å². The van der Waals surface area contributed by atoms with Crippen molar-refractivity contribution in [2.24, 2.45) is 0 Å². The SMILES string of the molecule is C#Cc1c(F)ccc2cc(O)cc(-c3nc4c5c(nc(OCC67CCCN6CC(OC)C7)nc5c3F)N3CCNC(CCC)C3CO4)c12. The van der Waals surface area contributed by atoms with Crippen LogP contribution >= 0.6 is 0 Å². The lowest BCUT2D eigenvalue weighted by Crippen LogP contribution is -2.60. The van der Waals surface area contributed by atoms with Crippen molar-refractivity contribution in [2.75, 3.05) is 51.4 Å². The van der Waals surface area contributed by atoms with Crippen molar-refractivity contribution in [3.63, 3.8) is 0 Å². The Hall–Kier alpha value is -4.31. The van der Waals surface area contributed by atoms with E-state index in [1.807, 2.05) is 0 Å². The zero-order valence-corrected chi connectivity index (χ0v) is 27.1. The Kier molecular flexibility index (Phi) is 7.74. The van der Waals surface area contributed by atoms with Crippen molar-refractivity contribution >= 4 is 27.5 Å². The Morgan fingerprint density at radius 1 is 1.19 bits per heavy atom. The van der Waals surface area contributed by atoms with E-state index < -0.39 is 11.6 Å². The quantitative estimate of drug-likeness (QED) is 0.270. The lowest BCUT2D eigenvalue weighted by atomic mass is 9.94. The molecular formula is C36H38F2N6O4. The molecule has 4 atom stereocenters. The van der Waals surface area contributed by atoms with Gasteiger partial charge >= 0.3 is 6.01 Å². The van der Waals surface area contributed by atoms with Crippen LogP contribution in [0.5, 0.6) is 17.6 Å². The number of fused-ring (bicyclic) bond motifs is 4. The Labute approximate surface area is 277 Å². The van der Waals surface area contributed by atoms with Crippen molar-refractivity contribution in [3.05, 3.63) is 41.5 Å². The first-order valence-corrected chi connectivity index (χ1v) is 16.7. The lowest BCUT2D eigenvalue weighted by Gasteiger charge is -2.41. The number of phenolic OH excluding ortho intramolecular Hbond substituents is 1. The van der Waals surface area contributed by atoms with Gasteiger partial charge in [0.15, 0.2) is 5.82 Å². The number of hydrogen-bond acceptors (Lipinski definition) is 10. The number of aromatic hydroxyl groups is 1. The highest BCUT2D eigenvalue weighted by atomic mass is 19.1. The summed E-state index contributed by atoms with van der Waals surface area (Å²) in [7, 11) is 1.74. The van der Waals surface area contributed by atoms with E-state index in [1.165, 1.54) is 24.3 Å². The highest BCUT2D eigenvalue weighted by Crippen LogP contribution is 2.45. The van der Waals surface area contributed by atoms with Crippen LogP contribution in [0.15, 0.2) is 24.3 Å². The van der Waals surface area contributed by atoms with E-state index in [4.69, 9.17) is 30.6 Å². The first-order valence-electron chi connectivity index (χ1n) is 16.7. The third-order valence-corrected chi connectivity index (χ3v) is 10.6. The number of aromatic nitrogens is 3. The molecule has 4 unspecified atom stereocenters. The summed E-state index contributed by atoms with van der Waals surface area (Å²) in [6, 6.07) is 5.59. The number of nitrogens with one attached hydrogen (secondary N) is 1. The van der Waals surface area contributed by atoms with Crippen LogP contribution in [0.1, 0.15) is 44.6 Å². The highest BCUT2D eigenvalue weighted by Gasteiger charge is 2.49. The summed E-state index contributed by atoms with van der Waals surface area (Å²) in [4.78, 5) is 18.9. The Bertz CT molecular complexity index is 1970. The molecule has 10 nitrogen and oxygen atoms in total. The molecule has 0 bridgehead atoms. The van der Waals surface area contributed by atoms with Crippen molar-refractivity contribution < 1.29 is 28.1 Å². The van der Waals surface area contributed by atoms with Gasteiger partial charge in [-0.05, 0) is 55.8 Å². The van der Waals surface area contributed by atoms with Crippen molar-refractivity contribution in [2.45, 2.75) is 62.8 Å². The zero-order valence-electron chi connectivity index (χ0n) is 27.1. The van der Waals surface area contributed by atoms with Crippen molar-refractivity contribution in [1.82, 2.24) is 25.2 Å². The number of phenols is 1. The molecular weight excluding hydrogens is 618 g/mol. The number of methoxy groups -OCH3 is 1. The molecule has 4 aliphatic rings. The molecule has 3 fully saturated rings. The molecule has 2 N–H and O–H groups in total. The summed E-state index contributed by atoms with van der Waals surface area (Å²) >= 11 is 0. The molecule has 0 saturated carbocycles. The standard InChI is InChI=1S/C36H38F2N6O4/c1-4-7-26-27-18-47-34-29-32(30(38)31(40-34)24-15-21(45)14-20-8-9-25(37)23(5-2)28(20)24)41-35(42-33(29)44(27)13-11-39-26)48-19-36-10-6-12-43(36)17-22(16-36)46-3/h2,8-9,14-15,22,26-27,39,45H,4,6-7,10-13,16-19H2,1,3H3. The van der Waals surface area contributed by atoms with Gasteiger partial charge in [0.25, 0.3) is 0 Å². The largest absolute Gasteiger partial charge is 0.508 e. The van der Waals surface area contributed by atoms with Gasteiger partial charge in [-0.25, -0.2) is 13.8 Å². The summed E-state index contributed by atoms with van der Waals surface area (Å²) < 4.78 is 50.6. The average molecular weight is 657 g/mol. The molecule has 250 valence electrons. The highest BCUT2D eigenvalue weighted by molar-refractivity contribution is 6.04. The van der Waals surface area contributed by atoms with Gasteiger partial charge in [0.05, 0.1) is 23.2 Å². The second kappa shape index (κ2) is 12.0. The molecule has 0 amide bonds. The van der Waals surface area contributed by atoms with E-state index in [-0.39, 0.29) is 75.7 Å². The molecule has 0 spiro atoms. The van der Waals surface area contributed by atoms with Crippen LogP contribution in [-0.4, -0.2) is 95.2 Å². The molecule has 0 aliphatic carbocycles. The maximum Gasteiger partial charge on any atom is 0.319 e. The predicted molar refractivity (Wildman–Crippen MR) is 178 cm³/mol. The predicted octanol–water partition coefficient (Wildman–Crippen LogP) is 4.78. The molecule has 6 heterocycles. The second-order valence-corrected chi connectivity index (χ2v) is 13.3. The number of piperazine rings is 1.